The second-order valence-corrected chi connectivity index (χ2v) is 6.32. The maximum absolute atomic E-state index is 12.4. The third-order valence-electron chi connectivity index (χ3n) is 4.37. The molecule has 158 valence electrons. The summed E-state index contributed by atoms with van der Waals surface area (Å²) in [5, 5.41) is 5.94. The lowest BCUT2D eigenvalue weighted by Gasteiger charge is -2.31. The average molecular weight is 401 g/mol. The van der Waals surface area contributed by atoms with E-state index < -0.39 is 18.6 Å². The van der Waals surface area contributed by atoms with Crippen molar-refractivity contribution in [3.05, 3.63) is 35.9 Å². The number of amides is 1. The largest absolute Gasteiger partial charge is 0.406 e. The van der Waals surface area contributed by atoms with Gasteiger partial charge >= 0.3 is 6.18 Å². The number of rotatable bonds is 9. The first-order valence-corrected chi connectivity index (χ1v) is 9.26. The van der Waals surface area contributed by atoms with Crippen molar-refractivity contribution < 1.29 is 18.0 Å². The summed E-state index contributed by atoms with van der Waals surface area (Å²) in [5.41, 5.74) is 1.15. The summed E-state index contributed by atoms with van der Waals surface area (Å²) in [6.45, 7) is 4.89. The molecule has 0 aliphatic heterocycles. The first-order chi connectivity index (χ1) is 13.2. The molecular formula is C19H30F3N5O. The predicted molar refractivity (Wildman–Crippen MR) is 105 cm³/mol. The molecule has 0 saturated carbocycles. The highest BCUT2D eigenvalue weighted by molar-refractivity contribution is 5.86. The van der Waals surface area contributed by atoms with E-state index in [1.165, 1.54) is 0 Å². The third kappa shape index (κ3) is 8.16. The van der Waals surface area contributed by atoms with Crippen LogP contribution in [0.25, 0.3) is 0 Å². The fourth-order valence-corrected chi connectivity index (χ4v) is 2.86. The summed E-state index contributed by atoms with van der Waals surface area (Å²) in [7, 11) is 2.67. The topological polar surface area (TPSA) is 60.0 Å². The van der Waals surface area contributed by atoms with Gasteiger partial charge in [-0.1, -0.05) is 44.2 Å². The Bertz CT molecular complexity index is 618. The van der Waals surface area contributed by atoms with Crippen LogP contribution in [0.2, 0.25) is 0 Å². The normalized spacial score (nSPS) is 13.4. The van der Waals surface area contributed by atoms with Gasteiger partial charge < -0.3 is 15.5 Å². The highest BCUT2D eigenvalue weighted by Crippen LogP contribution is 2.19. The van der Waals surface area contributed by atoms with E-state index in [4.69, 9.17) is 0 Å². The van der Waals surface area contributed by atoms with Gasteiger partial charge in [0, 0.05) is 20.6 Å². The van der Waals surface area contributed by atoms with Crippen molar-refractivity contribution in [2.24, 2.45) is 4.99 Å². The van der Waals surface area contributed by atoms with Crippen molar-refractivity contribution in [3.8, 4) is 0 Å². The summed E-state index contributed by atoms with van der Waals surface area (Å²) in [6, 6.07) is 10.1. The van der Waals surface area contributed by atoms with Crippen LogP contribution in [-0.4, -0.2) is 74.7 Å². The molecule has 1 rings (SSSR count). The zero-order valence-electron chi connectivity index (χ0n) is 16.9. The maximum Gasteiger partial charge on any atom is 0.406 e. The Labute approximate surface area is 164 Å². The summed E-state index contributed by atoms with van der Waals surface area (Å²) in [4.78, 5) is 18.9. The van der Waals surface area contributed by atoms with Gasteiger partial charge in [0.05, 0.1) is 12.6 Å². The van der Waals surface area contributed by atoms with Gasteiger partial charge in [-0.05, 0) is 18.7 Å². The minimum absolute atomic E-state index is 0.0957. The quantitative estimate of drug-likeness (QED) is 0.492. The van der Waals surface area contributed by atoms with Crippen LogP contribution in [0.1, 0.15) is 25.5 Å². The minimum Gasteiger partial charge on any atom is -0.354 e. The van der Waals surface area contributed by atoms with Crippen molar-refractivity contribution in [3.63, 3.8) is 0 Å². The molecule has 28 heavy (non-hydrogen) atoms. The molecule has 0 aliphatic rings. The highest BCUT2D eigenvalue weighted by Gasteiger charge is 2.31. The SMILES string of the molecule is CCN(CC)C(CNC(=NC)NCC(=O)N(C)CC(F)(F)F)c1ccccc1. The number of carbonyl (C=O) groups is 1. The first kappa shape index (κ1) is 23.7. The van der Waals surface area contributed by atoms with Crippen molar-refractivity contribution in [2.75, 3.05) is 46.8 Å². The summed E-state index contributed by atoms with van der Waals surface area (Å²) in [6.07, 6.45) is -4.42. The number of carbonyl (C=O) groups excluding carboxylic acids is 1. The second kappa shape index (κ2) is 11.5. The number of halogens is 3. The van der Waals surface area contributed by atoms with Crippen LogP contribution in [-0.2, 0) is 4.79 Å². The van der Waals surface area contributed by atoms with E-state index in [1.807, 2.05) is 18.2 Å². The van der Waals surface area contributed by atoms with Gasteiger partial charge in [-0.25, -0.2) is 0 Å². The van der Waals surface area contributed by atoms with E-state index in [0.717, 1.165) is 25.7 Å². The summed E-state index contributed by atoms with van der Waals surface area (Å²) < 4.78 is 37.2. The van der Waals surface area contributed by atoms with Gasteiger partial charge in [0.2, 0.25) is 5.91 Å². The Morgan fingerprint density at radius 2 is 1.75 bits per heavy atom. The molecule has 0 aliphatic carbocycles. The molecule has 1 aromatic carbocycles. The van der Waals surface area contributed by atoms with Crippen molar-refractivity contribution in [1.82, 2.24) is 20.4 Å². The monoisotopic (exact) mass is 401 g/mol. The van der Waals surface area contributed by atoms with Crippen LogP contribution in [0.3, 0.4) is 0 Å². The van der Waals surface area contributed by atoms with Gasteiger partial charge in [0.25, 0.3) is 0 Å². The van der Waals surface area contributed by atoms with Crippen molar-refractivity contribution in [2.45, 2.75) is 26.1 Å². The van der Waals surface area contributed by atoms with Gasteiger partial charge in [0.1, 0.15) is 6.54 Å². The van der Waals surface area contributed by atoms with E-state index in [2.05, 4.69) is 46.5 Å². The lowest BCUT2D eigenvalue weighted by molar-refractivity contribution is -0.157. The minimum atomic E-state index is -4.42. The van der Waals surface area contributed by atoms with Gasteiger partial charge in [-0.2, -0.15) is 13.2 Å². The molecule has 1 unspecified atom stereocenters. The number of aliphatic imine (C=N–C) groups is 1. The number of nitrogens with one attached hydrogen (secondary N) is 2. The second-order valence-electron chi connectivity index (χ2n) is 6.32. The molecule has 0 fully saturated rings. The van der Waals surface area contributed by atoms with Gasteiger partial charge in [0.15, 0.2) is 5.96 Å². The van der Waals surface area contributed by atoms with Crippen LogP contribution in [0.5, 0.6) is 0 Å². The molecule has 0 saturated heterocycles. The van der Waals surface area contributed by atoms with Crippen molar-refractivity contribution >= 4 is 11.9 Å². The number of guanidine groups is 1. The van der Waals surface area contributed by atoms with Crippen molar-refractivity contribution in [1.29, 1.82) is 0 Å². The molecule has 0 aromatic heterocycles. The van der Waals surface area contributed by atoms with Crippen LogP contribution in [0.4, 0.5) is 13.2 Å². The van der Waals surface area contributed by atoms with E-state index in [0.29, 0.717) is 17.4 Å². The zero-order chi connectivity index (χ0) is 21.2. The Morgan fingerprint density at radius 1 is 1.14 bits per heavy atom. The number of hydrogen-bond acceptors (Lipinski definition) is 3. The molecule has 0 spiro atoms. The number of benzene rings is 1. The summed E-state index contributed by atoms with van der Waals surface area (Å²) in [5.74, 6) is -0.300. The van der Waals surface area contributed by atoms with Crippen LogP contribution < -0.4 is 10.6 Å². The van der Waals surface area contributed by atoms with Gasteiger partial charge in [-0.3, -0.25) is 14.7 Å². The van der Waals surface area contributed by atoms with Crippen LogP contribution in [0, 0.1) is 0 Å². The molecule has 0 bridgehead atoms. The van der Waals surface area contributed by atoms with Crippen LogP contribution in [0.15, 0.2) is 35.3 Å². The number of alkyl halides is 3. The Hall–Kier alpha value is -2.29. The lowest BCUT2D eigenvalue weighted by Crippen LogP contribution is -2.47. The maximum atomic E-state index is 12.4. The van der Waals surface area contributed by atoms with E-state index >= 15 is 0 Å². The molecule has 1 aromatic rings. The number of likely N-dealkylation sites (N-methyl/N-ethyl adjacent to an activating group) is 2. The lowest BCUT2D eigenvalue weighted by atomic mass is 10.1. The van der Waals surface area contributed by atoms with Crippen LogP contribution >= 0.6 is 0 Å². The Kier molecular flexibility index (Phi) is 9.78. The zero-order valence-corrected chi connectivity index (χ0v) is 16.9. The molecule has 0 radical (unpaired) electrons. The number of nitrogens with zero attached hydrogens (tertiary/aromatic N) is 3. The predicted octanol–water partition coefficient (Wildman–Crippen LogP) is 2.26. The standard InChI is InChI=1S/C19H30F3N5O/c1-5-27(6-2)16(15-10-8-7-9-11-15)12-24-18(23-3)25-13-17(28)26(4)14-19(20,21)22/h7-11,16H,5-6,12-14H2,1-4H3,(H2,23,24,25). The smallest absolute Gasteiger partial charge is 0.354 e. The Morgan fingerprint density at radius 3 is 2.25 bits per heavy atom. The fraction of sp³-hybridized carbons (Fsp3) is 0.579. The Balaban J connectivity index is 2.66. The molecule has 1 atom stereocenters. The molecule has 6 nitrogen and oxygen atoms in total. The molecule has 9 heteroatoms. The molecule has 2 N–H and O–H groups in total. The fourth-order valence-electron chi connectivity index (χ4n) is 2.86. The first-order valence-electron chi connectivity index (χ1n) is 9.26. The number of hydrogen-bond donors (Lipinski definition) is 2. The van der Waals surface area contributed by atoms with Gasteiger partial charge in [-0.15, -0.1) is 0 Å². The molecular weight excluding hydrogens is 371 g/mol. The highest BCUT2D eigenvalue weighted by atomic mass is 19.4. The molecule has 0 heterocycles. The third-order valence-corrected chi connectivity index (χ3v) is 4.37. The van der Waals surface area contributed by atoms with E-state index in [9.17, 15) is 18.0 Å². The average Bonchev–Trinajstić information content (AvgIpc) is 2.66. The van der Waals surface area contributed by atoms with E-state index in [-0.39, 0.29) is 12.6 Å². The van der Waals surface area contributed by atoms with E-state index in [1.54, 1.807) is 7.05 Å². The summed E-state index contributed by atoms with van der Waals surface area (Å²) >= 11 is 0. The molecule has 1 amide bonds.